The molecule has 0 spiro atoms. The fourth-order valence-electron chi connectivity index (χ4n) is 2.38. The van der Waals surface area contributed by atoms with Gasteiger partial charge in [0.1, 0.15) is 0 Å². The molecule has 1 rings (SSSR count). The highest BCUT2D eigenvalue weighted by molar-refractivity contribution is 5.91. The lowest BCUT2D eigenvalue weighted by atomic mass is 10.0. The van der Waals surface area contributed by atoms with Crippen LogP contribution >= 0.6 is 0 Å². The van der Waals surface area contributed by atoms with Crippen molar-refractivity contribution in [1.29, 1.82) is 0 Å². The summed E-state index contributed by atoms with van der Waals surface area (Å²) in [4.78, 5) is 34.5. The van der Waals surface area contributed by atoms with Gasteiger partial charge in [-0.2, -0.15) is 0 Å². The average molecular weight is 363 g/mol. The zero-order valence-corrected chi connectivity index (χ0v) is 15.7. The molecule has 0 bridgehead atoms. The van der Waals surface area contributed by atoms with Crippen molar-refractivity contribution in [3.63, 3.8) is 0 Å². The molecule has 7 nitrogen and oxygen atoms in total. The molecule has 1 atom stereocenters. The van der Waals surface area contributed by atoms with Crippen molar-refractivity contribution in [2.24, 2.45) is 11.7 Å². The highest BCUT2D eigenvalue weighted by atomic mass is 16.5. The Hall–Kier alpha value is -2.57. The van der Waals surface area contributed by atoms with Crippen molar-refractivity contribution in [3.8, 4) is 0 Å². The highest BCUT2D eigenvalue weighted by Gasteiger charge is 2.12. The number of esters is 1. The van der Waals surface area contributed by atoms with Crippen LogP contribution in [-0.2, 0) is 16.1 Å². The first-order valence-corrected chi connectivity index (χ1v) is 8.86. The molecule has 1 unspecified atom stereocenters. The Labute approximate surface area is 154 Å². The molecule has 0 aliphatic heterocycles. The van der Waals surface area contributed by atoms with E-state index >= 15 is 0 Å². The number of amides is 3. The summed E-state index contributed by atoms with van der Waals surface area (Å²) in [7, 11) is 0. The van der Waals surface area contributed by atoms with Crippen LogP contribution in [0.3, 0.4) is 0 Å². The van der Waals surface area contributed by atoms with Gasteiger partial charge in [-0.25, -0.2) is 9.59 Å². The van der Waals surface area contributed by atoms with Gasteiger partial charge < -0.3 is 21.1 Å². The van der Waals surface area contributed by atoms with E-state index < -0.39 is 12.0 Å². The van der Waals surface area contributed by atoms with Gasteiger partial charge in [0.15, 0.2) is 6.61 Å². The van der Waals surface area contributed by atoms with Crippen LogP contribution in [0.5, 0.6) is 0 Å². The molecule has 1 aromatic rings. The number of benzene rings is 1. The van der Waals surface area contributed by atoms with Crippen molar-refractivity contribution in [3.05, 3.63) is 35.4 Å². The van der Waals surface area contributed by atoms with E-state index in [-0.39, 0.29) is 25.1 Å². The summed E-state index contributed by atoms with van der Waals surface area (Å²) >= 11 is 0. The van der Waals surface area contributed by atoms with E-state index in [0.29, 0.717) is 11.5 Å². The van der Waals surface area contributed by atoms with Gasteiger partial charge in [0.25, 0.3) is 5.91 Å². The van der Waals surface area contributed by atoms with Crippen LogP contribution in [0.25, 0.3) is 0 Å². The number of primary amides is 1. The maximum atomic E-state index is 12.0. The summed E-state index contributed by atoms with van der Waals surface area (Å²) in [5.74, 6) is -0.225. The topological polar surface area (TPSA) is 111 Å². The first-order chi connectivity index (χ1) is 12.3. The molecule has 3 amide bonds. The normalized spacial score (nSPS) is 11.7. The molecule has 26 heavy (non-hydrogen) atoms. The highest BCUT2D eigenvalue weighted by Crippen LogP contribution is 2.08. The number of carbonyl (C=O) groups excluding carboxylic acids is 3. The quantitative estimate of drug-likeness (QED) is 0.554. The van der Waals surface area contributed by atoms with Gasteiger partial charge in [-0.1, -0.05) is 38.8 Å². The molecular weight excluding hydrogens is 334 g/mol. The summed E-state index contributed by atoms with van der Waals surface area (Å²) in [6.45, 7) is 6.26. The number of carbonyl (C=O) groups is 3. The summed E-state index contributed by atoms with van der Waals surface area (Å²) in [5, 5.41) is 5.29. The minimum atomic E-state index is -0.613. The molecule has 144 valence electrons. The fourth-order valence-corrected chi connectivity index (χ4v) is 2.38. The number of rotatable bonds is 10. The zero-order valence-electron chi connectivity index (χ0n) is 15.7. The van der Waals surface area contributed by atoms with Crippen LogP contribution in [-0.4, -0.2) is 30.6 Å². The van der Waals surface area contributed by atoms with E-state index in [0.717, 1.165) is 24.8 Å². The minimum absolute atomic E-state index is 0.0528. The summed E-state index contributed by atoms with van der Waals surface area (Å²) in [6, 6.07) is 5.96. The third-order valence-corrected chi connectivity index (χ3v) is 3.82. The van der Waals surface area contributed by atoms with Crippen LogP contribution in [0, 0.1) is 5.92 Å². The van der Waals surface area contributed by atoms with Crippen LogP contribution in [0.2, 0.25) is 0 Å². The third kappa shape index (κ3) is 9.05. The predicted octanol–water partition coefficient (Wildman–Crippen LogP) is 2.34. The minimum Gasteiger partial charge on any atom is -0.452 e. The molecule has 0 saturated carbocycles. The lowest BCUT2D eigenvalue weighted by molar-refractivity contribution is -0.124. The molecule has 0 fully saturated rings. The molecular formula is C19H29N3O4. The average Bonchev–Trinajstić information content (AvgIpc) is 2.58. The third-order valence-electron chi connectivity index (χ3n) is 3.82. The SMILES string of the molecule is CC(C)CCCC(C)NC(=O)COC(=O)c1ccc(CNC(N)=O)cc1. The Morgan fingerprint density at radius 3 is 2.31 bits per heavy atom. The second-order valence-electron chi connectivity index (χ2n) is 6.78. The Morgan fingerprint density at radius 2 is 1.73 bits per heavy atom. The van der Waals surface area contributed by atoms with Crippen molar-refractivity contribution >= 4 is 17.9 Å². The number of nitrogens with one attached hydrogen (secondary N) is 2. The van der Waals surface area contributed by atoms with E-state index in [1.807, 2.05) is 6.92 Å². The van der Waals surface area contributed by atoms with Gasteiger partial charge in [0, 0.05) is 12.6 Å². The molecule has 7 heteroatoms. The van der Waals surface area contributed by atoms with Crippen LogP contribution < -0.4 is 16.4 Å². The fraction of sp³-hybridized carbons (Fsp3) is 0.526. The maximum Gasteiger partial charge on any atom is 0.338 e. The van der Waals surface area contributed by atoms with Crippen LogP contribution in [0.4, 0.5) is 4.79 Å². The van der Waals surface area contributed by atoms with Gasteiger partial charge in [-0.3, -0.25) is 4.79 Å². The molecule has 0 heterocycles. The second kappa shape index (κ2) is 11.1. The number of nitrogens with two attached hydrogens (primary N) is 1. The molecule has 0 saturated heterocycles. The van der Waals surface area contributed by atoms with Gasteiger partial charge in [-0.15, -0.1) is 0 Å². The summed E-state index contributed by atoms with van der Waals surface area (Å²) < 4.78 is 5.03. The first-order valence-electron chi connectivity index (χ1n) is 8.86. The van der Waals surface area contributed by atoms with Gasteiger partial charge in [0.05, 0.1) is 5.56 Å². The van der Waals surface area contributed by atoms with Crippen molar-refractivity contribution in [2.45, 2.75) is 52.6 Å². The lowest BCUT2D eigenvalue weighted by Gasteiger charge is -2.14. The lowest BCUT2D eigenvalue weighted by Crippen LogP contribution is -2.35. The van der Waals surface area contributed by atoms with Gasteiger partial charge in [-0.05, 0) is 37.0 Å². The predicted molar refractivity (Wildman–Crippen MR) is 99.4 cm³/mol. The number of hydrogen-bond donors (Lipinski definition) is 3. The zero-order chi connectivity index (χ0) is 19.5. The van der Waals surface area contributed by atoms with E-state index in [4.69, 9.17) is 10.5 Å². The summed E-state index contributed by atoms with van der Waals surface area (Å²) in [6.07, 6.45) is 3.08. The van der Waals surface area contributed by atoms with E-state index in [9.17, 15) is 14.4 Å². The number of urea groups is 1. The van der Waals surface area contributed by atoms with Gasteiger partial charge in [0.2, 0.25) is 0 Å². The largest absolute Gasteiger partial charge is 0.452 e. The van der Waals surface area contributed by atoms with E-state index in [1.165, 1.54) is 0 Å². The Balaban J connectivity index is 2.34. The van der Waals surface area contributed by atoms with Crippen molar-refractivity contribution in [1.82, 2.24) is 10.6 Å². The Bertz CT molecular complexity index is 599. The first kappa shape index (κ1) is 21.5. The molecule has 0 radical (unpaired) electrons. The smallest absolute Gasteiger partial charge is 0.338 e. The second-order valence-corrected chi connectivity index (χ2v) is 6.78. The number of ether oxygens (including phenoxy) is 1. The maximum absolute atomic E-state index is 12.0. The Kier molecular flexibility index (Phi) is 9.19. The van der Waals surface area contributed by atoms with Gasteiger partial charge >= 0.3 is 12.0 Å². The molecule has 0 aliphatic rings. The number of hydrogen-bond acceptors (Lipinski definition) is 4. The summed E-state index contributed by atoms with van der Waals surface area (Å²) in [5.41, 5.74) is 6.14. The van der Waals surface area contributed by atoms with Crippen molar-refractivity contribution < 1.29 is 19.1 Å². The van der Waals surface area contributed by atoms with Crippen LogP contribution in [0.15, 0.2) is 24.3 Å². The molecule has 0 aromatic heterocycles. The monoisotopic (exact) mass is 363 g/mol. The van der Waals surface area contributed by atoms with E-state index in [1.54, 1.807) is 24.3 Å². The standard InChI is InChI=1S/C19H29N3O4/c1-13(2)5-4-6-14(3)22-17(23)12-26-18(24)16-9-7-15(8-10-16)11-21-19(20)25/h7-10,13-14H,4-6,11-12H2,1-3H3,(H,22,23)(H3,20,21,25). The van der Waals surface area contributed by atoms with Crippen molar-refractivity contribution in [2.75, 3.05) is 6.61 Å². The molecule has 1 aromatic carbocycles. The van der Waals surface area contributed by atoms with Crippen LogP contribution in [0.1, 0.15) is 56.0 Å². The Morgan fingerprint density at radius 1 is 1.08 bits per heavy atom. The molecule has 0 aliphatic carbocycles. The molecule has 4 N–H and O–H groups in total. The van der Waals surface area contributed by atoms with E-state index in [2.05, 4.69) is 24.5 Å².